The summed E-state index contributed by atoms with van der Waals surface area (Å²) in [6.45, 7) is 0.444. The number of fused-ring (bicyclic) bond motifs is 1. The van der Waals surface area contributed by atoms with Crippen molar-refractivity contribution < 1.29 is 17.9 Å². The third-order valence-electron chi connectivity index (χ3n) is 4.79. The van der Waals surface area contributed by atoms with Gasteiger partial charge in [-0.3, -0.25) is 4.79 Å². The van der Waals surface area contributed by atoms with E-state index in [-0.39, 0.29) is 23.2 Å². The Hall–Kier alpha value is -2.42. The molecular weight excluding hydrogens is 444 g/mol. The van der Waals surface area contributed by atoms with Gasteiger partial charge in [0.1, 0.15) is 16.5 Å². The Morgan fingerprint density at radius 1 is 1.23 bits per heavy atom. The highest BCUT2D eigenvalue weighted by Crippen LogP contribution is 2.31. The van der Waals surface area contributed by atoms with Crippen LogP contribution >= 0.6 is 22.9 Å². The van der Waals surface area contributed by atoms with E-state index >= 15 is 0 Å². The Morgan fingerprint density at radius 3 is 2.87 bits per heavy atom. The summed E-state index contributed by atoms with van der Waals surface area (Å²) in [6.07, 6.45) is 3.07. The van der Waals surface area contributed by atoms with Gasteiger partial charge >= 0.3 is 0 Å². The Morgan fingerprint density at radius 2 is 2.10 bits per heavy atom. The van der Waals surface area contributed by atoms with Crippen molar-refractivity contribution in [2.24, 2.45) is 0 Å². The molecule has 4 rings (SSSR count). The Balaban J connectivity index is 1.50. The quantitative estimate of drug-likeness (QED) is 0.550. The number of carbonyl (C=O) groups is 1. The van der Waals surface area contributed by atoms with Crippen LogP contribution in [-0.2, 0) is 26.8 Å². The number of rotatable bonds is 6. The Bertz CT molecular complexity index is 1160. The zero-order valence-electron chi connectivity index (χ0n) is 16.0. The number of carbonyl (C=O) groups excluding carboxylic acids is 1. The standard InChI is InChI=1S/C21H19ClN2O4S2/c22-16-4-1-5-17(12-16)28-13-21(25)24-9-2-3-15-11-18(6-7-19(15)24)30(26,27)14-20-23-8-10-29-20/h1,4-8,10-12H,2-3,9,13-14H2. The van der Waals surface area contributed by atoms with E-state index in [1.165, 1.54) is 11.3 Å². The van der Waals surface area contributed by atoms with E-state index in [9.17, 15) is 13.2 Å². The molecule has 2 aromatic carbocycles. The van der Waals surface area contributed by atoms with Crippen LogP contribution in [0.3, 0.4) is 0 Å². The summed E-state index contributed by atoms with van der Waals surface area (Å²) in [6, 6.07) is 11.8. The minimum absolute atomic E-state index is 0.121. The minimum Gasteiger partial charge on any atom is -0.484 e. The molecule has 0 saturated carbocycles. The molecule has 9 heteroatoms. The fraction of sp³-hybridized carbons (Fsp3) is 0.238. The van der Waals surface area contributed by atoms with Crippen molar-refractivity contribution in [2.75, 3.05) is 18.1 Å². The maximum absolute atomic E-state index is 12.8. The highest BCUT2D eigenvalue weighted by molar-refractivity contribution is 7.90. The van der Waals surface area contributed by atoms with Gasteiger partial charge in [-0.15, -0.1) is 11.3 Å². The van der Waals surface area contributed by atoms with Gasteiger partial charge in [0, 0.05) is 28.8 Å². The lowest BCUT2D eigenvalue weighted by atomic mass is 10.0. The second-order valence-corrected chi connectivity index (χ2v) is 10.3. The predicted molar refractivity (Wildman–Crippen MR) is 117 cm³/mol. The zero-order valence-corrected chi connectivity index (χ0v) is 18.3. The third kappa shape index (κ3) is 4.66. The number of hydrogen-bond donors (Lipinski definition) is 0. The summed E-state index contributed by atoms with van der Waals surface area (Å²) in [4.78, 5) is 18.7. The highest BCUT2D eigenvalue weighted by Gasteiger charge is 2.25. The summed E-state index contributed by atoms with van der Waals surface area (Å²) >= 11 is 7.26. The first kappa shape index (κ1) is 20.8. The molecule has 0 unspecified atom stereocenters. The molecule has 2 heterocycles. The van der Waals surface area contributed by atoms with Gasteiger partial charge < -0.3 is 9.64 Å². The van der Waals surface area contributed by atoms with Crippen LogP contribution in [-0.4, -0.2) is 32.5 Å². The predicted octanol–water partition coefficient (Wildman–Crippen LogP) is 4.13. The molecule has 6 nitrogen and oxygen atoms in total. The van der Waals surface area contributed by atoms with Gasteiger partial charge in [0.25, 0.3) is 5.91 Å². The van der Waals surface area contributed by atoms with Gasteiger partial charge in [0.05, 0.1) is 4.90 Å². The number of anilines is 1. The van der Waals surface area contributed by atoms with Crippen LogP contribution in [0.4, 0.5) is 5.69 Å². The summed E-state index contributed by atoms with van der Waals surface area (Å²) < 4.78 is 31.1. The first-order valence-corrected chi connectivity index (χ1v) is 12.3. The van der Waals surface area contributed by atoms with Crippen LogP contribution in [0.5, 0.6) is 5.75 Å². The summed E-state index contributed by atoms with van der Waals surface area (Å²) in [5.41, 5.74) is 1.58. The molecule has 1 amide bonds. The van der Waals surface area contributed by atoms with Crippen molar-refractivity contribution in [3.05, 3.63) is 69.6 Å². The van der Waals surface area contributed by atoms with E-state index in [1.807, 2.05) is 0 Å². The highest BCUT2D eigenvalue weighted by atomic mass is 35.5. The van der Waals surface area contributed by atoms with Crippen molar-refractivity contribution in [1.29, 1.82) is 0 Å². The molecule has 0 saturated heterocycles. The maximum atomic E-state index is 12.8. The number of benzene rings is 2. The molecule has 0 spiro atoms. The average Bonchev–Trinajstić information content (AvgIpc) is 3.23. The Labute approximate surface area is 184 Å². The molecule has 0 atom stereocenters. The lowest BCUT2D eigenvalue weighted by molar-refractivity contribution is -0.120. The molecule has 0 fully saturated rings. The number of amides is 1. The van der Waals surface area contributed by atoms with Crippen LogP contribution in [0.2, 0.25) is 5.02 Å². The van der Waals surface area contributed by atoms with E-state index in [2.05, 4.69) is 4.98 Å². The van der Waals surface area contributed by atoms with E-state index in [1.54, 1.807) is 58.9 Å². The number of ether oxygens (including phenoxy) is 1. The molecule has 0 radical (unpaired) electrons. The van der Waals surface area contributed by atoms with Crippen molar-refractivity contribution in [3.8, 4) is 5.75 Å². The van der Waals surface area contributed by atoms with Crippen molar-refractivity contribution in [1.82, 2.24) is 4.98 Å². The first-order chi connectivity index (χ1) is 14.4. The largest absolute Gasteiger partial charge is 0.484 e. The molecule has 0 N–H and O–H groups in total. The lowest BCUT2D eigenvalue weighted by Crippen LogP contribution is -2.38. The van der Waals surface area contributed by atoms with Crippen molar-refractivity contribution >= 4 is 44.4 Å². The normalized spacial score (nSPS) is 13.7. The molecule has 0 bridgehead atoms. The molecule has 30 heavy (non-hydrogen) atoms. The first-order valence-electron chi connectivity index (χ1n) is 9.35. The Kier molecular flexibility index (Phi) is 6.08. The molecule has 1 aliphatic rings. The van der Waals surface area contributed by atoms with Crippen LogP contribution in [0.15, 0.2) is 58.9 Å². The molecular formula is C21H19ClN2O4S2. The number of sulfone groups is 1. The molecule has 1 aliphatic heterocycles. The number of hydrogen-bond acceptors (Lipinski definition) is 6. The molecule has 156 valence electrons. The van der Waals surface area contributed by atoms with E-state index in [4.69, 9.17) is 16.3 Å². The van der Waals surface area contributed by atoms with E-state index in [0.717, 1.165) is 24.1 Å². The molecule has 3 aromatic rings. The lowest BCUT2D eigenvalue weighted by Gasteiger charge is -2.29. The van der Waals surface area contributed by atoms with Gasteiger partial charge in [0.2, 0.25) is 0 Å². The van der Waals surface area contributed by atoms with E-state index < -0.39 is 9.84 Å². The fourth-order valence-corrected chi connectivity index (χ4v) is 5.86. The van der Waals surface area contributed by atoms with Gasteiger partial charge in [-0.1, -0.05) is 17.7 Å². The van der Waals surface area contributed by atoms with Crippen LogP contribution in [0.25, 0.3) is 0 Å². The molecule has 0 aliphatic carbocycles. The number of aryl methyl sites for hydroxylation is 1. The van der Waals surface area contributed by atoms with Crippen molar-refractivity contribution in [3.63, 3.8) is 0 Å². The topological polar surface area (TPSA) is 76.6 Å². The van der Waals surface area contributed by atoms with Gasteiger partial charge in [-0.2, -0.15) is 0 Å². The summed E-state index contributed by atoms with van der Waals surface area (Å²) in [7, 11) is -3.50. The van der Waals surface area contributed by atoms with Crippen molar-refractivity contribution in [2.45, 2.75) is 23.5 Å². The van der Waals surface area contributed by atoms with Crippen LogP contribution in [0, 0.1) is 0 Å². The second-order valence-electron chi connectivity index (χ2n) is 6.87. The minimum atomic E-state index is -3.50. The number of halogens is 1. The summed E-state index contributed by atoms with van der Waals surface area (Å²) in [5.74, 6) is 0.213. The van der Waals surface area contributed by atoms with Crippen LogP contribution < -0.4 is 9.64 Å². The van der Waals surface area contributed by atoms with Gasteiger partial charge in [-0.05, 0) is 54.8 Å². The SMILES string of the molecule is O=C(COc1cccc(Cl)c1)N1CCCc2cc(S(=O)(=O)Cc3nccs3)ccc21. The van der Waals surface area contributed by atoms with E-state index in [0.29, 0.717) is 22.3 Å². The molecule has 1 aromatic heterocycles. The third-order valence-corrected chi connectivity index (χ3v) is 7.61. The van der Waals surface area contributed by atoms with Gasteiger partial charge in [0.15, 0.2) is 16.4 Å². The maximum Gasteiger partial charge on any atom is 0.264 e. The summed E-state index contributed by atoms with van der Waals surface area (Å²) in [5, 5.41) is 2.85. The number of thiazole rings is 1. The zero-order chi connectivity index (χ0) is 21.1. The number of aromatic nitrogens is 1. The smallest absolute Gasteiger partial charge is 0.264 e. The fourth-order valence-electron chi connectivity index (χ4n) is 3.38. The second kappa shape index (κ2) is 8.75. The van der Waals surface area contributed by atoms with Gasteiger partial charge in [-0.25, -0.2) is 13.4 Å². The monoisotopic (exact) mass is 462 g/mol. The average molecular weight is 463 g/mol. The van der Waals surface area contributed by atoms with Crippen LogP contribution in [0.1, 0.15) is 17.0 Å². The number of nitrogens with zero attached hydrogens (tertiary/aromatic N) is 2.